The molecule has 0 aliphatic rings. The Morgan fingerprint density at radius 1 is 1.56 bits per heavy atom. The Morgan fingerprint density at radius 2 is 2.25 bits per heavy atom. The van der Waals surface area contributed by atoms with E-state index in [-0.39, 0.29) is 11.4 Å². The molecule has 0 saturated heterocycles. The van der Waals surface area contributed by atoms with Crippen molar-refractivity contribution in [3.05, 3.63) is 46.6 Å². The Balaban J connectivity index is 3.78. The van der Waals surface area contributed by atoms with Crippen LogP contribution in [0.1, 0.15) is 25.3 Å². The summed E-state index contributed by atoms with van der Waals surface area (Å²) < 4.78 is 13.5. The summed E-state index contributed by atoms with van der Waals surface area (Å²) in [5, 5.41) is 1.47. The van der Waals surface area contributed by atoms with E-state index in [9.17, 15) is 4.39 Å². The van der Waals surface area contributed by atoms with Gasteiger partial charge in [-0.15, -0.1) is 6.42 Å². The minimum atomic E-state index is -0.375. The molecule has 0 spiro atoms. The maximum Gasteiger partial charge on any atom is 0.139 e. The second-order valence-electron chi connectivity index (χ2n) is 3.58. The Bertz CT molecular complexity index is 544. The molecule has 0 aromatic heterocycles. The van der Waals surface area contributed by atoms with Gasteiger partial charge in [0.2, 0.25) is 0 Å². The van der Waals surface area contributed by atoms with Crippen LogP contribution in [-0.2, 0) is 0 Å². The summed E-state index contributed by atoms with van der Waals surface area (Å²) in [6.45, 7) is 9.69. The number of rotatable bonds is 3. The van der Waals surface area contributed by atoms with Crippen LogP contribution < -0.4 is 10.4 Å². The molecule has 0 nitrogen and oxygen atoms in total. The van der Waals surface area contributed by atoms with E-state index in [1.54, 1.807) is 12.1 Å². The van der Waals surface area contributed by atoms with E-state index in [1.807, 2.05) is 0 Å². The zero-order valence-corrected chi connectivity index (χ0v) is 9.52. The van der Waals surface area contributed by atoms with Gasteiger partial charge in [-0.2, -0.15) is 0 Å². The highest BCUT2D eigenvalue weighted by Gasteiger charge is 2.04. The molecule has 1 rings (SSSR count). The molecule has 0 N–H and O–H groups in total. The fourth-order valence-electron chi connectivity index (χ4n) is 1.73. The lowest BCUT2D eigenvalue weighted by molar-refractivity contribution is 0.622. The van der Waals surface area contributed by atoms with Gasteiger partial charge in [-0.05, 0) is 23.3 Å². The highest BCUT2D eigenvalue weighted by Crippen LogP contribution is 2.06. The first-order chi connectivity index (χ1) is 7.65. The SMILES string of the molecule is C#Cc1c(F)ccc(=C)/c1=C(\C=C)CCC. The van der Waals surface area contributed by atoms with E-state index in [1.165, 1.54) is 6.07 Å². The van der Waals surface area contributed by atoms with Crippen LogP contribution in [0, 0.1) is 18.2 Å². The van der Waals surface area contributed by atoms with Crippen molar-refractivity contribution in [2.75, 3.05) is 0 Å². The summed E-state index contributed by atoms with van der Waals surface area (Å²) in [7, 11) is 0. The molecule has 0 atom stereocenters. The van der Waals surface area contributed by atoms with Crippen LogP contribution in [0.2, 0.25) is 0 Å². The third-order valence-electron chi connectivity index (χ3n) is 2.47. The Morgan fingerprint density at radius 3 is 2.75 bits per heavy atom. The molecule has 1 aromatic carbocycles. The fraction of sp³-hybridized carbons (Fsp3) is 0.200. The van der Waals surface area contributed by atoms with Crippen molar-refractivity contribution in [1.82, 2.24) is 0 Å². The van der Waals surface area contributed by atoms with Crippen molar-refractivity contribution in [2.24, 2.45) is 0 Å². The van der Waals surface area contributed by atoms with E-state index >= 15 is 0 Å². The molecule has 1 heteroatoms. The lowest BCUT2D eigenvalue weighted by Crippen LogP contribution is -2.29. The maximum absolute atomic E-state index is 13.5. The van der Waals surface area contributed by atoms with Gasteiger partial charge in [-0.1, -0.05) is 44.6 Å². The monoisotopic (exact) mass is 214 g/mol. The van der Waals surface area contributed by atoms with E-state index in [2.05, 4.69) is 26.0 Å². The van der Waals surface area contributed by atoms with Crippen molar-refractivity contribution in [1.29, 1.82) is 0 Å². The number of allylic oxidation sites excluding steroid dienone is 1. The lowest BCUT2D eigenvalue weighted by atomic mass is 10.0. The second-order valence-corrected chi connectivity index (χ2v) is 3.58. The summed E-state index contributed by atoms with van der Waals surface area (Å²) in [5.74, 6) is 2.02. The van der Waals surface area contributed by atoms with Crippen LogP contribution in [0.25, 0.3) is 12.2 Å². The van der Waals surface area contributed by atoms with Crippen LogP contribution in [-0.4, -0.2) is 0 Å². The smallest absolute Gasteiger partial charge is 0.139 e. The summed E-state index contributed by atoms with van der Waals surface area (Å²) in [6.07, 6.45) is 8.86. The van der Waals surface area contributed by atoms with Crippen LogP contribution in [0.5, 0.6) is 0 Å². The number of benzene rings is 1. The van der Waals surface area contributed by atoms with E-state index < -0.39 is 0 Å². The van der Waals surface area contributed by atoms with Crippen molar-refractivity contribution in [3.8, 4) is 12.3 Å². The minimum Gasteiger partial charge on any atom is -0.206 e. The number of halogens is 1. The largest absolute Gasteiger partial charge is 0.206 e. The summed E-state index contributed by atoms with van der Waals surface area (Å²) in [4.78, 5) is 0. The number of hydrogen-bond donors (Lipinski definition) is 0. The topological polar surface area (TPSA) is 0 Å². The molecule has 0 saturated carbocycles. The van der Waals surface area contributed by atoms with Gasteiger partial charge in [0.05, 0.1) is 5.56 Å². The highest BCUT2D eigenvalue weighted by atomic mass is 19.1. The van der Waals surface area contributed by atoms with Gasteiger partial charge in [0.1, 0.15) is 5.82 Å². The van der Waals surface area contributed by atoms with Crippen LogP contribution in [0.4, 0.5) is 4.39 Å². The number of hydrogen-bond acceptors (Lipinski definition) is 0. The Labute approximate surface area is 95.8 Å². The van der Waals surface area contributed by atoms with Gasteiger partial charge >= 0.3 is 0 Å². The van der Waals surface area contributed by atoms with Gasteiger partial charge in [-0.3, -0.25) is 0 Å². The van der Waals surface area contributed by atoms with Crippen molar-refractivity contribution in [3.63, 3.8) is 0 Å². The van der Waals surface area contributed by atoms with Crippen LogP contribution in [0.3, 0.4) is 0 Å². The molecule has 0 fully saturated rings. The van der Waals surface area contributed by atoms with E-state index in [0.717, 1.165) is 28.9 Å². The van der Waals surface area contributed by atoms with Gasteiger partial charge in [-0.25, -0.2) is 4.39 Å². The number of terminal acetylenes is 1. The highest BCUT2D eigenvalue weighted by molar-refractivity contribution is 5.59. The molecular weight excluding hydrogens is 199 g/mol. The van der Waals surface area contributed by atoms with Gasteiger partial charge in [0.25, 0.3) is 0 Å². The molecule has 1 aromatic rings. The molecule has 0 unspecified atom stereocenters. The Hall–Kier alpha value is -1.81. The average molecular weight is 214 g/mol. The van der Waals surface area contributed by atoms with Crippen LogP contribution >= 0.6 is 0 Å². The van der Waals surface area contributed by atoms with Gasteiger partial charge in [0, 0.05) is 5.22 Å². The second kappa shape index (κ2) is 5.32. The summed E-state index contributed by atoms with van der Waals surface area (Å²) in [6, 6.07) is 3.00. The zero-order valence-electron chi connectivity index (χ0n) is 9.52. The molecule has 0 heterocycles. The molecular formula is C15H15F. The summed E-state index contributed by atoms with van der Waals surface area (Å²) in [5.41, 5.74) is 1.25. The molecule has 0 aliphatic heterocycles. The third kappa shape index (κ3) is 2.23. The molecule has 0 amide bonds. The maximum atomic E-state index is 13.5. The van der Waals surface area contributed by atoms with E-state index in [4.69, 9.17) is 6.42 Å². The quantitative estimate of drug-likeness (QED) is 0.678. The molecule has 82 valence electrons. The van der Waals surface area contributed by atoms with Crippen molar-refractivity contribution >= 4 is 12.2 Å². The lowest BCUT2D eigenvalue weighted by Gasteiger charge is -2.03. The van der Waals surface area contributed by atoms with Gasteiger partial charge < -0.3 is 0 Å². The predicted molar refractivity (Wildman–Crippen MR) is 67.6 cm³/mol. The molecule has 0 radical (unpaired) electrons. The normalized spacial score (nSPS) is 11.8. The fourth-order valence-corrected chi connectivity index (χ4v) is 1.73. The first-order valence-electron chi connectivity index (χ1n) is 5.25. The minimum absolute atomic E-state index is 0.288. The molecule has 16 heavy (non-hydrogen) atoms. The standard InChI is InChI=1S/C15H15F/c1-5-8-12(6-2)15-11(4)9-10-14(16)13(15)7-3/h3,6,9-10H,2,4-5,8H2,1H3/b15-12-. The van der Waals surface area contributed by atoms with E-state index in [0.29, 0.717) is 0 Å². The van der Waals surface area contributed by atoms with Gasteiger partial charge in [0.15, 0.2) is 0 Å². The average Bonchev–Trinajstić information content (AvgIpc) is 2.29. The van der Waals surface area contributed by atoms with Crippen molar-refractivity contribution < 1.29 is 4.39 Å². The molecule has 0 bridgehead atoms. The van der Waals surface area contributed by atoms with Crippen molar-refractivity contribution in [2.45, 2.75) is 19.8 Å². The van der Waals surface area contributed by atoms with Crippen LogP contribution in [0.15, 0.2) is 24.8 Å². The predicted octanol–water partition coefficient (Wildman–Crippen LogP) is 2.35. The zero-order chi connectivity index (χ0) is 12.1. The third-order valence-corrected chi connectivity index (χ3v) is 2.47. The first kappa shape index (κ1) is 12.3. The first-order valence-corrected chi connectivity index (χ1v) is 5.25. The summed E-state index contributed by atoms with van der Waals surface area (Å²) >= 11 is 0. The molecule has 0 aliphatic carbocycles. The Kier molecular flexibility index (Phi) is 4.08.